The maximum Gasteiger partial charge on any atom is 0.268 e. The van der Waals surface area contributed by atoms with Crippen LogP contribution >= 0.6 is 22.9 Å². The average Bonchev–Trinajstić information content (AvgIpc) is 3.05. The zero-order chi connectivity index (χ0) is 22.3. The summed E-state index contributed by atoms with van der Waals surface area (Å²) in [6.45, 7) is 7.40. The maximum atomic E-state index is 12.9. The number of anilines is 2. The summed E-state index contributed by atoms with van der Waals surface area (Å²) in [5, 5.41) is 4.44. The second-order valence-corrected chi connectivity index (χ2v) is 9.36. The quantitative estimate of drug-likeness (QED) is 0.591. The normalized spacial score (nSPS) is 15.5. The van der Waals surface area contributed by atoms with Gasteiger partial charge in [-0.2, -0.15) is 0 Å². The van der Waals surface area contributed by atoms with Gasteiger partial charge in [0.25, 0.3) is 5.91 Å². The molecule has 0 radical (unpaired) electrons. The molecule has 0 saturated carbocycles. The Balaban J connectivity index is 1.64. The number of aryl methyl sites for hydroxylation is 3. The molecule has 1 atom stereocenters. The van der Waals surface area contributed by atoms with Gasteiger partial charge in [0.15, 0.2) is 6.10 Å². The van der Waals surface area contributed by atoms with E-state index in [0.717, 1.165) is 26.7 Å². The lowest BCUT2D eigenvalue weighted by Crippen LogP contribution is -2.47. The van der Waals surface area contributed by atoms with Gasteiger partial charge in [0.1, 0.15) is 12.3 Å². The Morgan fingerprint density at radius 2 is 2.00 bits per heavy atom. The van der Waals surface area contributed by atoms with Crippen LogP contribution in [0.25, 0.3) is 11.3 Å². The van der Waals surface area contributed by atoms with Gasteiger partial charge in [-0.3, -0.25) is 14.5 Å². The first kappa shape index (κ1) is 21.3. The highest BCUT2D eigenvalue weighted by Gasteiger charge is 2.33. The fourth-order valence-electron chi connectivity index (χ4n) is 3.61. The van der Waals surface area contributed by atoms with E-state index in [1.165, 1.54) is 4.90 Å². The van der Waals surface area contributed by atoms with Crippen molar-refractivity contribution in [2.45, 2.75) is 33.8 Å². The Labute approximate surface area is 189 Å². The number of fused-ring (bicyclic) bond motifs is 1. The smallest absolute Gasteiger partial charge is 0.268 e. The van der Waals surface area contributed by atoms with Gasteiger partial charge in [-0.1, -0.05) is 11.6 Å². The van der Waals surface area contributed by atoms with Gasteiger partial charge in [0.05, 0.1) is 16.4 Å². The van der Waals surface area contributed by atoms with Crippen LogP contribution in [0.5, 0.6) is 5.75 Å². The monoisotopic (exact) mass is 455 g/mol. The van der Waals surface area contributed by atoms with E-state index in [1.807, 2.05) is 39.0 Å². The molecule has 0 bridgehead atoms. The number of hydrogen-bond acceptors (Lipinski definition) is 5. The Morgan fingerprint density at radius 1 is 1.23 bits per heavy atom. The van der Waals surface area contributed by atoms with Crippen LogP contribution < -0.4 is 15.0 Å². The lowest BCUT2D eigenvalue weighted by molar-refractivity contribution is -0.127. The first-order valence-electron chi connectivity index (χ1n) is 9.85. The minimum Gasteiger partial charge on any atom is -0.479 e. The van der Waals surface area contributed by atoms with Crippen molar-refractivity contribution in [1.82, 2.24) is 4.98 Å². The molecule has 2 heterocycles. The molecule has 0 saturated heterocycles. The number of carbonyl (C=O) groups is 2. The summed E-state index contributed by atoms with van der Waals surface area (Å²) in [7, 11) is 0. The molecule has 3 aromatic rings. The van der Waals surface area contributed by atoms with E-state index in [-0.39, 0.29) is 18.4 Å². The first-order valence-corrected chi connectivity index (χ1v) is 11.0. The number of benzene rings is 2. The lowest BCUT2D eigenvalue weighted by Gasteiger charge is -2.33. The number of carbonyl (C=O) groups excluding carboxylic acids is 2. The van der Waals surface area contributed by atoms with E-state index in [0.29, 0.717) is 22.1 Å². The second-order valence-electron chi connectivity index (χ2n) is 7.51. The third-order valence-electron chi connectivity index (χ3n) is 5.11. The molecule has 1 aliphatic rings. The Hall–Kier alpha value is -2.90. The Morgan fingerprint density at radius 3 is 2.68 bits per heavy atom. The molecule has 4 rings (SSSR count). The predicted molar refractivity (Wildman–Crippen MR) is 124 cm³/mol. The van der Waals surface area contributed by atoms with Gasteiger partial charge in [0, 0.05) is 21.2 Å². The molecule has 8 heteroatoms. The number of amides is 2. The van der Waals surface area contributed by atoms with Crippen molar-refractivity contribution in [2.24, 2.45) is 0 Å². The topological polar surface area (TPSA) is 71.5 Å². The number of aromatic nitrogens is 1. The van der Waals surface area contributed by atoms with E-state index >= 15 is 0 Å². The Kier molecular flexibility index (Phi) is 5.73. The number of rotatable bonds is 4. The molecule has 1 unspecified atom stereocenters. The van der Waals surface area contributed by atoms with Crippen LogP contribution in [0.15, 0.2) is 36.4 Å². The highest BCUT2D eigenvalue weighted by Crippen LogP contribution is 2.38. The Bertz CT molecular complexity index is 1190. The molecule has 1 aromatic heterocycles. The molecule has 6 nitrogen and oxygen atoms in total. The minimum atomic E-state index is -0.674. The lowest BCUT2D eigenvalue weighted by atomic mass is 10.1. The summed E-state index contributed by atoms with van der Waals surface area (Å²) < 4.78 is 5.78. The zero-order valence-corrected chi connectivity index (χ0v) is 19.2. The molecular weight excluding hydrogens is 434 g/mol. The molecule has 0 aliphatic carbocycles. The van der Waals surface area contributed by atoms with Crippen molar-refractivity contribution in [3.63, 3.8) is 0 Å². The largest absolute Gasteiger partial charge is 0.479 e. The van der Waals surface area contributed by atoms with Crippen LogP contribution in [0.2, 0.25) is 5.02 Å². The molecule has 0 spiro atoms. The summed E-state index contributed by atoms with van der Waals surface area (Å²) in [6.07, 6.45) is -0.674. The van der Waals surface area contributed by atoms with Gasteiger partial charge < -0.3 is 10.1 Å². The van der Waals surface area contributed by atoms with Crippen LogP contribution in [0, 0.1) is 20.8 Å². The molecule has 2 aromatic carbocycles. The predicted octanol–water partition coefficient (Wildman–Crippen LogP) is 5.14. The molecule has 2 amide bonds. The van der Waals surface area contributed by atoms with Crippen molar-refractivity contribution in [1.29, 1.82) is 0 Å². The van der Waals surface area contributed by atoms with E-state index in [1.54, 1.807) is 36.5 Å². The average molecular weight is 456 g/mol. The van der Waals surface area contributed by atoms with Crippen LogP contribution in [-0.4, -0.2) is 29.4 Å². The number of halogens is 1. The highest BCUT2D eigenvalue weighted by atomic mass is 35.5. The van der Waals surface area contributed by atoms with E-state index in [9.17, 15) is 9.59 Å². The van der Waals surface area contributed by atoms with Gasteiger partial charge >= 0.3 is 0 Å². The van der Waals surface area contributed by atoms with Gasteiger partial charge in [-0.05, 0) is 69.7 Å². The third-order valence-corrected chi connectivity index (χ3v) is 6.23. The standard InChI is InChI=1S/C23H22ClN3O3S/c1-12-9-17(24)6-7-18(12)26-21(28)11-27-19-10-16(22-14(3)31-15(4)25-22)5-8-20(19)30-13(2)23(27)29/h5-10,13H,11H2,1-4H3,(H,26,28). The molecule has 0 fully saturated rings. The van der Waals surface area contributed by atoms with Crippen LogP contribution in [-0.2, 0) is 9.59 Å². The summed E-state index contributed by atoms with van der Waals surface area (Å²) in [6, 6.07) is 10.9. The molecular formula is C23H22ClN3O3S. The maximum absolute atomic E-state index is 12.9. The van der Waals surface area contributed by atoms with E-state index in [2.05, 4.69) is 10.3 Å². The second kappa shape index (κ2) is 8.32. The summed E-state index contributed by atoms with van der Waals surface area (Å²) in [5.41, 5.74) is 3.82. The van der Waals surface area contributed by atoms with Gasteiger partial charge in [-0.25, -0.2) is 4.98 Å². The number of nitrogens with zero attached hydrogens (tertiary/aromatic N) is 2. The number of thiazole rings is 1. The minimum absolute atomic E-state index is 0.125. The molecule has 1 aliphatic heterocycles. The first-order chi connectivity index (χ1) is 14.7. The molecule has 1 N–H and O–H groups in total. The van der Waals surface area contributed by atoms with Crippen molar-refractivity contribution in [3.8, 4) is 17.0 Å². The number of ether oxygens (including phenoxy) is 1. The number of nitrogens with one attached hydrogen (secondary N) is 1. The summed E-state index contributed by atoms with van der Waals surface area (Å²) in [5.74, 6) is -0.000328. The summed E-state index contributed by atoms with van der Waals surface area (Å²) >= 11 is 7.62. The van der Waals surface area contributed by atoms with Crippen molar-refractivity contribution in [2.75, 3.05) is 16.8 Å². The fourth-order valence-corrected chi connectivity index (χ4v) is 4.68. The van der Waals surface area contributed by atoms with Crippen molar-refractivity contribution in [3.05, 3.63) is 56.9 Å². The molecule has 31 heavy (non-hydrogen) atoms. The highest BCUT2D eigenvalue weighted by molar-refractivity contribution is 7.11. The SMILES string of the molecule is Cc1nc(-c2ccc3c(c2)N(CC(=O)Nc2ccc(Cl)cc2C)C(=O)C(C)O3)c(C)s1. The number of hydrogen-bond donors (Lipinski definition) is 1. The van der Waals surface area contributed by atoms with Crippen LogP contribution in [0.1, 0.15) is 22.4 Å². The van der Waals surface area contributed by atoms with Gasteiger partial charge in [0.2, 0.25) is 5.91 Å². The zero-order valence-electron chi connectivity index (χ0n) is 17.7. The fraction of sp³-hybridized carbons (Fsp3) is 0.261. The van der Waals surface area contributed by atoms with E-state index in [4.69, 9.17) is 16.3 Å². The van der Waals surface area contributed by atoms with E-state index < -0.39 is 6.10 Å². The van der Waals surface area contributed by atoms with Gasteiger partial charge in [-0.15, -0.1) is 11.3 Å². The molecule has 160 valence electrons. The third kappa shape index (κ3) is 4.29. The summed E-state index contributed by atoms with van der Waals surface area (Å²) in [4.78, 5) is 32.9. The van der Waals surface area contributed by atoms with Crippen molar-refractivity contribution < 1.29 is 14.3 Å². The van der Waals surface area contributed by atoms with Crippen molar-refractivity contribution >= 4 is 46.1 Å². The van der Waals surface area contributed by atoms with Crippen LogP contribution in [0.4, 0.5) is 11.4 Å². The van der Waals surface area contributed by atoms with Crippen LogP contribution in [0.3, 0.4) is 0 Å².